The van der Waals surface area contributed by atoms with Gasteiger partial charge in [-0.15, -0.1) is 0 Å². The molecule has 0 saturated carbocycles. The highest BCUT2D eigenvalue weighted by Crippen LogP contribution is 2.13. The van der Waals surface area contributed by atoms with E-state index in [0.717, 1.165) is 5.56 Å². The monoisotopic (exact) mass is 284 g/mol. The second-order valence-corrected chi connectivity index (χ2v) is 5.87. The number of hydrogen-bond donors (Lipinski definition) is 3. The van der Waals surface area contributed by atoms with Crippen molar-refractivity contribution in [1.29, 1.82) is 5.26 Å². The molecule has 1 saturated heterocycles. The molecule has 7 heteroatoms. The van der Waals surface area contributed by atoms with Crippen molar-refractivity contribution in [3.05, 3.63) is 29.8 Å². The third kappa shape index (κ3) is 4.96. The van der Waals surface area contributed by atoms with Gasteiger partial charge in [-0.05, 0) is 19.1 Å². The molecule has 0 spiro atoms. The van der Waals surface area contributed by atoms with E-state index in [1.54, 1.807) is 12.1 Å². The van der Waals surface area contributed by atoms with Crippen LogP contribution in [0.1, 0.15) is 12.0 Å². The zero-order chi connectivity index (χ0) is 14.5. The van der Waals surface area contributed by atoms with Crippen LogP contribution in [0, 0.1) is 18.3 Å². The summed E-state index contributed by atoms with van der Waals surface area (Å²) in [5.74, 6) is 0. The van der Waals surface area contributed by atoms with Gasteiger partial charge in [0.2, 0.25) is 0 Å². The van der Waals surface area contributed by atoms with E-state index < -0.39 is 15.7 Å². The topological polar surface area (TPSA) is 110 Å². The van der Waals surface area contributed by atoms with Gasteiger partial charge in [-0.1, -0.05) is 17.7 Å². The molecule has 19 heavy (non-hydrogen) atoms. The van der Waals surface area contributed by atoms with E-state index in [-0.39, 0.29) is 11.3 Å². The van der Waals surface area contributed by atoms with Gasteiger partial charge in [0, 0.05) is 13.1 Å². The van der Waals surface area contributed by atoms with Gasteiger partial charge >= 0.3 is 0 Å². The summed E-state index contributed by atoms with van der Waals surface area (Å²) in [5, 5.41) is 20.1. The van der Waals surface area contributed by atoms with Gasteiger partial charge in [0.1, 0.15) is 5.60 Å². The lowest BCUT2D eigenvalue weighted by Crippen LogP contribution is -2.59. The number of hydrogen-bond acceptors (Lipinski definition) is 5. The van der Waals surface area contributed by atoms with E-state index in [9.17, 15) is 8.42 Å². The van der Waals surface area contributed by atoms with Crippen LogP contribution in [0.2, 0.25) is 0 Å². The fraction of sp³-hybridized carbons (Fsp3) is 0.417. The van der Waals surface area contributed by atoms with Gasteiger partial charge in [-0.3, -0.25) is 4.55 Å². The summed E-state index contributed by atoms with van der Waals surface area (Å²) in [6.45, 7) is 2.98. The number of nitriles is 1. The molecule has 0 unspecified atom stereocenters. The fourth-order valence-corrected chi connectivity index (χ4v) is 1.88. The van der Waals surface area contributed by atoms with E-state index in [1.165, 1.54) is 12.1 Å². The molecule has 2 rings (SSSR count). The number of β-amino-alcohol motifs (C(OH)–C–C–N with tert-alkyl or cyclic N) is 1. The molecule has 3 N–H and O–H groups in total. The first-order valence-electron chi connectivity index (χ1n) is 5.61. The van der Waals surface area contributed by atoms with Crippen LogP contribution in [0.4, 0.5) is 0 Å². The molecule has 0 aliphatic carbocycles. The van der Waals surface area contributed by atoms with Crippen LogP contribution in [-0.2, 0) is 10.1 Å². The summed E-state index contributed by atoms with van der Waals surface area (Å²) in [7, 11) is -4.02. The van der Waals surface area contributed by atoms with Crippen molar-refractivity contribution in [1.82, 2.24) is 5.32 Å². The van der Waals surface area contributed by atoms with Crippen LogP contribution in [0.25, 0.3) is 0 Å². The first kappa shape index (κ1) is 15.6. The highest BCUT2D eigenvalue weighted by Gasteiger charge is 2.33. The maximum absolute atomic E-state index is 10.5. The van der Waals surface area contributed by atoms with Crippen LogP contribution < -0.4 is 5.32 Å². The minimum atomic E-state index is -4.02. The predicted octanol–water partition coefficient (Wildman–Crippen LogP) is 0.476. The Morgan fingerprint density at radius 1 is 1.37 bits per heavy atom. The maximum atomic E-state index is 10.5. The second kappa shape index (κ2) is 6.12. The SMILES string of the molecule is Cc1ccc(S(=O)(=O)O)cc1.N#CCC1(O)CNC1. The molecule has 1 aromatic carbocycles. The smallest absolute Gasteiger partial charge is 0.294 e. The Balaban J connectivity index is 0.000000200. The highest BCUT2D eigenvalue weighted by molar-refractivity contribution is 7.85. The Bertz CT molecular complexity index is 556. The predicted molar refractivity (Wildman–Crippen MR) is 69.0 cm³/mol. The Morgan fingerprint density at radius 3 is 2.16 bits per heavy atom. The summed E-state index contributed by atoms with van der Waals surface area (Å²) in [6.07, 6.45) is 0.250. The summed E-state index contributed by atoms with van der Waals surface area (Å²) in [4.78, 5) is -0.0666. The Morgan fingerprint density at radius 2 is 1.89 bits per heavy atom. The number of rotatable bonds is 2. The van der Waals surface area contributed by atoms with Gasteiger partial charge in [0.05, 0.1) is 17.4 Å². The number of benzene rings is 1. The lowest BCUT2D eigenvalue weighted by atomic mass is 9.94. The molecule has 1 aliphatic rings. The summed E-state index contributed by atoms with van der Waals surface area (Å²) >= 11 is 0. The molecule has 0 atom stereocenters. The number of nitrogens with zero attached hydrogens (tertiary/aromatic N) is 1. The molecule has 0 amide bonds. The van der Waals surface area contributed by atoms with Gasteiger partial charge < -0.3 is 10.4 Å². The highest BCUT2D eigenvalue weighted by atomic mass is 32.2. The Kier molecular flexibility index (Phi) is 5.03. The van der Waals surface area contributed by atoms with Crippen molar-refractivity contribution < 1.29 is 18.1 Å². The third-order valence-electron chi connectivity index (χ3n) is 2.64. The van der Waals surface area contributed by atoms with Gasteiger partial charge in [-0.2, -0.15) is 13.7 Å². The molecule has 0 aromatic heterocycles. The average Bonchev–Trinajstić information content (AvgIpc) is 2.27. The minimum Gasteiger partial charge on any atom is -0.386 e. The van der Waals surface area contributed by atoms with Crippen LogP contribution in [0.5, 0.6) is 0 Å². The molecule has 104 valence electrons. The Labute approximate surface area is 112 Å². The molecule has 6 nitrogen and oxygen atoms in total. The van der Waals surface area contributed by atoms with Crippen LogP contribution in [0.15, 0.2) is 29.2 Å². The molecular formula is C12H16N2O4S. The molecule has 1 aliphatic heterocycles. The minimum absolute atomic E-state index is 0.0666. The summed E-state index contributed by atoms with van der Waals surface area (Å²) in [5.41, 5.74) is 0.256. The fourth-order valence-electron chi connectivity index (χ4n) is 1.40. The summed E-state index contributed by atoms with van der Waals surface area (Å²) in [6, 6.07) is 7.91. The summed E-state index contributed by atoms with van der Waals surface area (Å²) < 4.78 is 29.6. The Hall–Kier alpha value is -1.46. The number of nitrogens with one attached hydrogen (secondary N) is 1. The van der Waals surface area contributed by atoms with E-state index in [0.29, 0.717) is 13.1 Å². The zero-order valence-electron chi connectivity index (χ0n) is 10.5. The third-order valence-corrected chi connectivity index (χ3v) is 3.50. The zero-order valence-corrected chi connectivity index (χ0v) is 11.3. The lowest BCUT2D eigenvalue weighted by Gasteiger charge is -2.35. The molecule has 1 aromatic rings. The largest absolute Gasteiger partial charge is 0.386 e. The first-order chi connectivity index (χ1) is 8.77. The molecular weight excluding hydrogens is 268 g/mol. The van der Waals surface area contributed by atoms with Gasteiger partial charge in [-0.25, -0.2) is 0 Å². The van der Waals surface area contributed by atoms with Crippen LogP contribution >= 0.6 is 0 Å². The van der Waals surface area contributed by atoms with Crippen molar-refractivity contribution in [2.75, 3.05) is 13.1 Å². The maximum Gasteiger partial charge on any atom is 0.294 e. The van der Waals surface area contributed by atoms with E-state index in [1.807, 2.05) is 13.0 Å². The lowest BCUT2D eigenvalue weighted by molar-refractivity contribution is -0.00502. The average molecular weight is 284 g/mol. The molecule has 0 radical (unpaired) electrons. The quantitative estimate of drug-likeness (QED) is 0.681. The van der Waals surface area contributed by atoms with Crippen molar-refractivity contribution in [2.24, 2.45) is 0 Å². The van der Waals surface area contributed by atoms with Crippen molar-refractivity contribution in [2.45, 2.75) is 23.8 Å². The van der Waals surface area contributed by atoms with Crippen LogP contribution in [-0.4, -0.2) is 36.8 Å². The van der Waals surface area contributed by atoms with Crippen molar-refractivity contribution in [3.8, 4) is 6.07 Å². The van der Waals surface area contributed by atoms with Crippen molar-refractivity contribution >= 4 is 10.1 Å². The number of aliphatic hydroxyl groups is 1. The standard InChI is InChI=1S/C7H8O3S.C5H8N2O/c1-6-2-4-7(5-3-6)11(8,9)10;6-2-1-5(8)3-7-4-5/h2-5H,1H3,(H,8,9,10);7-8H,1,3-4H2. The van der Waals surface area contributed by atoms with E-state index in [4.69, 9.17) is 14.9 Å². The van der Waals surface area contributed by atoms with Crippen LogP contribution in [0.3, 0.4) is 0 Å². The second-order valence-electron chi connectivity index (χ2n) is 4.45. The molecule has 0 bridgehead atoms. The number of aryl methyl sites for hydroxylation is 1. The molecule has 1 fully saturated rings. The first-order valence-corrected chi connectivity index (χ1v) is 7.05. The van der Waals surface area contributed by atoms with Gasteiger partial charge in [0.25, 0.3) is 10.1 Å². The normalized spacial score (nSPS) is 16.5. The van der Waals surface area contributed by atoms with E-state index in [2.05, 4.69) is 5.32 Å². The molecule has 1 heterocycles. The van der Waals surface area contributed by atoms with E-state index >= 15 is 0 Å². The van der Waals surface area contributed by atoms with Gasteiger partial charge in [0.15, 0.2) is 0 Å². The van der Waals surface area contributed by atoms with Crippen molar-refractivity contribution in [3.63, 3.8) is 0 Å².